The van der Waals surface area contributed by atoms with E-state index in [0.717, 1.165) is 36.0 Å². The van der Waals surface area contributed by atoms with E-state index in [1.807, 2.05) is 43.3 Å². The van der Waals surface area contributed by atoms with Crippen LogP contribution >= 0.6 is 0 Å². The first-order valence-corrected chi connectivity index (χ1v) is 9.59. The van der Waals surface area contributed by atoms with Crippen molar-refractivity contribution >= 4 is 11.9 Å². The molecule has 0 aliphatic carbocycles. The Labute approximate surface area is 163 Å². The average molecular weight is 377 g/mol. The quantitative estimate of drug-likeness (QED) is 0.734. The number of aromatic nitrogens is 3. The first-order valence-electron chi connectivity index (χ1n) is 9.59. The lowest BCUT2D eigenvalue weighted by molar-refractivity contribution is 0.0941. The summed E-state index contributed by atoms with van der Waals surface area (Å²) in [6.07, 6.45) is 3.59. The number of aryl methyl sites for hydroxylation is 1. The van der Waals surface area contributed by atoms with E-state index in [4.69, 9.17) is 4.52 Å². The third-order valence-corrected chi connectivity index (χ3v) is 4.77. The summed E-state index contributed by atoms with van der Waals surface area (Å²) in [5.74, 6) is 1.02. The molecule has 1 N–H and O–H groups in total. The van der Waals surface area contributed by atoms with Gasteiger partial charge in [0.05, 0.1) is 12.2 Å². The molecule has 0 radical (unpaired) electrons. The fourth-order valence-corrected chi connectivity index (χ4v) is 3.32. The zero-order valence-electron chi connectivity index (χ0n) is 15.9. The lowest BCUT2D eigenvalue weighted by Crippen LogP contribution is -2.32. The van der Waals surface area contributed by atoms with Gasteiger partial charge >= 0.3 is 0 Å². The van der Waals surface area contributed by atoms with Crippen LogP contribution in [0.15, 0.2) is 47.0 Å². The highest BCUT2D eigenvalue weighted by molar-refractivity contribution is 5.93. The van der Waals surface area contributed by atoms with E-state index >= 15 is 0 Å². The number of carbonyl (C=O) groups is 1. The van der Waals surface area contributed by atoms with Crippen molar-refractivity contribution in [2.75, 3.05) is 18.0 Å². The minimum absolute atomic E-state index is 0.251. The van der Waals surface area contributed by atoms with Crippen molar-refractivity contribution in [3.8, 4) is 11.3 Å². The Morgan fingerprint density at radius 1 is 1.11 bits per heavy atom. The molecule has 3 heterocycles. The highest BCUT2D eigenvalue weighted by atomic mass is 16.5. The van der Waals surface area contributed by atoms with E-state index < -0.39 is 0 Å². The van der Waals surface area contributed by atoms with E-state index in [1.165, 1.54) is 19.3 Å². The van der Waals surface area contributed by atoms with Crippen LogP contribution in [0.2, 0.25) is 0 Å². The Kier molecular flexibility index (Phi) is 5.32. The topological polar surface area (TPSA) is 84.2 Å². The normalized spacial score (nSPS) is 14.1. The van der Waals surface area contributed by atoms with Gasteiger partial charge in [-0.15, -0.1) is 0 Å². The summed E-state index contributed by atoms with van der Waals surface area (Å²) in [7, 11) is 0. The zero-order valence-corrected chi connectivity index (χ0v) is 15.9. The van der Waals surface area contributed by atoms with Gasteiger partial charge < -0.3 is 14.7 Å². The molecule has 2 aromatic heterocycles. The third kappa shape index (κ3) is 4.19. The van der Waals surface area contributed by atoms with Crippen molar-refractivity contribution in [3.05, 3.63) is 59.5 Å². The molecule has 28 heavy (non-hydrogen) atoms. The van der Waals surface area contributed by atoms with Crippen molar-refractivity contribution in [3.63, 3.8) is 0 Å². The maximum absolute atomic E-state index is 12.4. The Balaban J connectivity index is 1.42. The number of amides is 1. The van der Waals surface area contributed by atoms with Crippen LogP contribution < -0.4 is 10.2 Å². The minimum Gasteiger partial charge on any atom is -0.355 e. The van der Waals surface area contributed by atoms with Gasteiger partial charge in [-0.2, -0.15) is 0 Å². The van der Waals surface area contributed by atoms with Gasteiger partial charge in [0.15, 0.2) is 11.5 Å². The Morgan fingerprint density at radius 3 is 2.68 bits per heavy atom. The molecule has 7 heteroatoms. The van der Waals surface area contributed by atoms with Gasteiger partial charge in [-0.05, 0) is 32.3 Å². The van der Waals surface area contributed by atoms with E-state index in [9.17, 15) is 4.79 Å². The number of carbonyl (C=O) groups excluding carboxylic acids is 1. The molecule has 0 spiro atoms. The van der Waals surface area contributed by atoms with Gasteiger partial charge in [-0.25, -0.2) is 9.97 Å². The maximum Gasteiger partial charge on any atom is 0.273 e. The summed E-state index contributed by atoms with van der Waals surface area (Å²) in [6, 6.07) is 13.1. The molecule has 1 aliphatic rings. The van der Waals surface area contributed by atoms with E-state index in [0.29, 0.717) is 12.3 Å². The van der Waals surface area contributed by atoms with Gasteiger partial charge in [0, 0.05) is 30.4 Å². The molecule has 1 fully saturated rings. The highest BCUT2D eigenvalue weighted by Gasteiger charge is 2.16. The Morgan fingerprint density at radius 2 is 1.89 bits per heavy atom. The molecule has 0 atom stereocenters. The number of anilines is 1. The number of hydrogen-bond donors (Lipinski definition) is 1. The Bertz CT molecular complexity index is 948. The van der Waals surface area contributed by atoms with Crippen LogP contribution in [0, 0.1) is 6.92 Å². The molecule has 0 saturated carbocycles. The first kappa shape index (κ1) is 18.2. The van der Waals surface area contributed by atoms with Crippen LogP contribution in [0.5, 0.6) is 0 Å². The number of nitrogens with zero attached hydrogens (tertiary/aromatic N) is 4. The second-order valence-corrected chi connectivity index (χ2v) is 6.97. The molecule has 0 unspecified atom stereocenters. The molecular weight excluding hydrogens is 354 g/mol. The second-order valence-electron chi connectivity index (χ2n) is 6.97. The smallest absolute Gasteiger partial charge is 0.273 e. The lowest BCUT2D eigenvalue weighted by atomic mass is 10.1. The lowest BCUT2D eigenvalue weighted by Gasteiger charge is -2.27. The molecule has 1 aromatic carbocycles. The summed E-state index contributed by atoms with van der Waals surface area (Å²) in [6.45, 7) is 4.23. The molecule has 1 aliphatic heterocycles. The average Bonchev–Trinajstić information content (AvgIpc) is 3.23. The number of nitrogens with one attached hydrogen (secondary N) is 1. The standard InChI is InChI=1S/C21H23N5O2/c1-15-12-17(24-21(23-15)26-10-6-3-7-11-26)14-22-20(27)18-13-19(28-25-18)16-8-4-2-5-9-16/h2,4-5,8-9,12-13H,3,6-7,10-11,14H2,1H3,(H,22,27). The van der Waals surface area contributed by atoms with Crippen LogP contribution in [0.4, 0.5) is 5.95 Å². The molecular formula is C21H23N5O2. The summed E-state index contributed by atoms with van der Waals surface area (Å²) < 4.78 is 5.30. The van der Waals surface area contributed by atoms with Crippen molar-refractivity contribution in [2.24, 2.45) is 0 Å². The number of hydrogen-bond acceptors (Lipinski definition) is 6. The number of piperidine rings is 1. The molecule has 4 rings (SSSR count). The van der Waals surface area contributed by atoms with Crippen molar-refractivity contribution < 1.29 is 9.32 Å². The monoisotopic (exact) mass is 377 g/mol. The van der Waals surface area contributed by atoms with Gasteiger partial charge in [-0.1, -0.05) is 35.5 Å². The van der Waals surface area contributed by atoms with Gasteiger partial charge in [0.1, 0.15) is 0 Å². The maximum atomic E-state index is 12.4. The zero-order chi connectivity index (χ0) is 19.3. The van der Waals surface area contributed by atoms with Crippen LogP contribution in [-0.4, -0.2) is 34.1 Å². The van der Waals surface area contributed by atoms with Gasteiger partial charge in [-0.3, -0.25) is 4.79 Å². The summed E-state index contributed by atoms with van der Waals surface area (Å²) in [5, 5.41) is 6.75. The summed E-state index contributed by atoms with van der Waals surface area (Å²) in [5.41, 5.74) is 2.81. The van der Waals surface area contributed by atoms with Crippen molar-refractivity contribution in [2.45, 2.75) is 32.7 Å². The van der Waals surface area contributed by atoms with E-state index in [-0.39, 0.29) is 11.6 Å². The fourth-order valence-electron chi connectivity index (χ4n) is 3.32. The van der Waals surface area contributed by atoms with Crippen LogP contribution in [0.1, 0.15) is 41.1 Å². The first-order chi connectivity index (χ1) is 13.7. The van der Waals surface area contributed by atoms with Crippen LogP contribution in [0.25, 0.3) is 11.3 Å². The minimum atomic E-state index is -0.290. The van der Waals surface area contributed by atoms with E-state index in [2.05, 4.69) is 25.3 Å². The second kappa shape index (κ2) is 8.21. The highest BCUT2D eigenvalue weighted by Crippen LogP contribution is 2.20. The predicted octanol–water partition coefficient (Wildman–Crippen LogP) is 3.36. The van der Waals surface area contributed by atoms with Gasteiger partial charge in [0.2, 0.25) is 5.95 Å². The molecule has 7 nitrogen and oxygen atoms in total. The molecule has 144 valence electrons. The molecule has 1 saturated heterocycles. The molecule has 1 amide bonds. The number of rotatable bonds is 5. The predicted molar refractivity (Wildman–Crippen MR) is 106 cm³/mol. The van der Waals surface area contributed by atoms with Crippen LogP contribution in [0.3, 0.4) is 0 Å². The largest absolute Gasteiger partial charge is 0.355 e. The summed E-state index contributed by atoms with van der Waals surface area (Å²) in [4.78, 5) is 23.8. The number of benzene rings is 1. The van der Waals surface area contributed by atoms with Crippen LogP contribution in [-0.2, 0) is 6.54 Å². The molecule has 3 aromatic rings. The SMILES string of the molecule is Cc1cc(CNC(=O)c2cc(-c3ccccc3)on2)nc(N2CCCCC2)n1. The third-order valence-electron chi connectivity index (χ3n) is 4.77. The van der Waals surface area contributed by atoms with Gasteiger partial charge in [0.25, 0.3) is 5.91 Å². The fraction of sp³-hybridized carbons (Fsp3) is 0.333. The van der Waals surface area contributed by atoms with Crippen molar-refractivity contribution in [1.82, 2.24) is 20.4 Å². The molecule has 0 bridgehead atoms. The van der Waals surface area contributed by atoms with E-state index in [1.54, 1.807) is 6.07 Å². The summed E-state index contributed by atoms with van der Waals surface area (Å²) >= 11 is 0. The van der Waals surface area contributed by atoms with Crippen molar-refractivity contribution in [1.29, 1.82) is 0 Å². The Hall–Kier alpha value is -3.22.